The lowest BCUT2D eigenvalue weighted by molar-refractivity contribution is -0.153. The van der Waals surface area contributed by atoms with Crippen LogP contribution >= 0.6 is 7.82 Å². The largest absolute Gasteiger partial charge is 0.498 e. The van der Waals surface area contributed by atoms with Gasteiger partial charge >= 0.3 is 13.8 Å². The topological polar surface area (TPSA) is 130 Å². The fourth-order valence-electron chi connectivity index (χ4n) is 5.39. The van der Waals surface area contributed by atoms with Crippen molar-refractivity contribution < 1.29 is 37.5 Å². The Morgan fingerprint density at radius 1 is 0.725 bits per heavy atom. The Hall–Kier alpha value is -2.00. The van der Waals surface area contributed by atoms with Gasteiger partial charge in [-0.25, -0.2) is 4.57 Å². The molecule has 51 heavy (non-hydrogen) atoms. The summed E-state index contributed by atoms with van der Waals surface area (Å²) in [5, 5.41) is 0. The Bertz CT molecular complexity index is 1030. The number of esters is 1. The van der Waals surface area contributed by atoms with Crippen LogP contribution in [0.2, 0.25) is 0 Å². The van der Waals surface area contributed by atoms with Crippen molar-refractivity contribution in [3.8, 4) is 0 Å². The highest BCUT2D eigenvalue weighted by molar-refractivity contribution is 7.47. The normalized spacial score (nSPS) is 18.1. The van der Waals surface area contributed by atoms with Crippen molar-refractivity contribution in [1.82, 2.24) is 0 Å². The summed E-state index contributed by atoms with van der Waals surface area (Å²) in [6, 6.07) is 0. The lowest BCUT2D eigenvalue weighted by Crippen LogP contribution is -2.27. The monoisotopic (exact) mass is 737 g/mol. The van der Waals surface area contributed by atoms with Gasteiger partial charge in [0.15, 0.2) is 6.10 Å². The first kappa shape index (κ1) is 47.0. The van der Waals surface area contributed by atoms with E-state index in [0.717, 1.165) is 51.4 Å². The Morgan fingerprint density at radius 3 is 1.92 bits per heavy atom. The van der Waals surface area contributed by atoms with Crippen molar-refractivity contribution in [3.63, 3.8) is 0 Å². The van der Waals surface area contributed by atoms with Gasteiger partial charge < -0.3 is 24.8 Å². The molecule has 0 aromatic carbocycles. The zero-order valence-electron chi connectivity index (χ0n) is 32.0. The van der Waals surface area contributed by atoms with Crippen LogP contribution in [0, 0.1) is 0 Å². The van der Waals surface area contributed by atoms with E-state index in [-0.39, 0.29) is 45.0 Å². The fourth-order valence-corrected chi connectivity index (χ4v) is 6.16. The number of phosphoric acid groups is 1. The Morgan fingerprint density at radius 2 is 1.29 bits per heavy atom. The first-order valence-electron chi connectivity index (χ1n) is 19.9. The van der Waals surface area contributed by atoms with Crippen molar-refractivity contribution in [2.75, 3.05) is 26.4 Å². The quantitative estimate of drug-likeness (QED) is 0.0161. The number of carbonyl (C=O) groups excluding carboxylic acids is 1. The third-order valence-corrected chi connectivity index (χ3v) is 9.40. The number of hydrogen-bond acceptors (Lipinski definition) is 8. The molecule has 0 radical (unpaired) electrons. The van der Waals surface area contributed by atoms with E-state index in [9.17, 15) is 14.3 Å². The zero-order chi connectivity index (χ0) is 37.1. The second-order valence-electron chi connectivity index (χ2n) is 13.2. The predicted octanol–water partition coefficient (Wildman–Crippen LogP) is 10.7. The van der Waals surface area contributed by atoms with Crippen LogP contribution in [0.25, 0.3) is 0 Å². The molecule has 0 saturated carbocycles. The molecule has 1 rings (SSSR count). The summed E-state index contributed by atoms with van der Waals surface area (Å²) < 4.78 is 38.8. The lowest BCUT2D eigenvalue weighted by atomic mass is 10.0. The molecular formula is C41H72NO8P. The number of allylic oxidation sites excluding steroid dienone is 7. The maximum atomic E-state index is 12.6. The summed E-state index contributed by atoms with van der Waals surface area (Å²) in [4.78, 5) is 22.4. The summed E-state index contributed by atoms with van der Waals surface area (Å²) in [7, 11) is -4.31. The predicted molar refractivity (Wildman–Crippen MR) is 209 cm³/mol. The second kappa shape index (κ2) is 33.8. The van der Waals surface area contributed by atoms with Crippen LogP contribution in [-0.2, 0) is 32.6 Å². The number of rotatable bonds is 36. The van der Waals surface area contributed by atoms with Gasteiger partial charge in [0.1, 0.15) is 6.61 Å². The number of unbranched alkanes of at least 4 members (excludes halogenated alkanes) is 13. The minimum absolute atomic E-state index is 0.00254. The summed E-state index contributed by atoms with van der Waals surface area (Å²) in [5.41, 5.74) is 5.35. The van der Waals surface area contributed by atoms with E-state index >= 15 is 0 Å². The van der Waals surface area contributed by atoms with Crippen molar-refractivity contribution >= 4 is 13.8 Å². The van der Waals surface area contributed by atoms with Crippen molar-refractivity contribution in [2.24, 2.45) is 5.73 Å². The maximum absolute atomic E-state index is 12.6. The van der Waals surface area contributed by atoms with Crippen LogP contribution in [0.5, 0.6) is 0 Å². The number of carbonyl (C=O) groups is 1. The molecule has 0 aliphatic carbocycles. The summed E-state index contributed by atoms with van der Waals surface area (Å²) >= 11 is 0. The van der Waals surface area contributed by atoms with Gasteiger partial charge in [0.2, 0.25) is 0 Å². The van der Waals surface area contributed by atoms with E-state index < -0.39 is 19.9 Å². The van der Waals surface area contributed by atoms with Crippen molar-refractivity contribution in [3.05, 3.63) is 60.9 Å². The van der Waals surface area contributed by atoms with Crippen LogP contribution in [0.15, 0.2) is 60.9 Å². The van der Waals surface area contributed by atoms with Gasteiger partial charge in [0.25, 0.3) is 0 Å². The molecule has 0 amide bonds. The van der Waals surface area contributed by atoms with Crippen molar-refractivity contribution in [2.45, 2.75) is 167 Å². The molecule has 1 fully saturated rings. The molecule has 0 spiro atoms. The summed E-state index contributed by atoms with van der Waals surface area (Å²) in [6.07, 6.45) is 43.6. The van der Waals surface area contributed by atoms with E-state index in [1.165, 1.54) is 70.6 Å². The first-order valence-corrected chi connectivity index (χ1v) is 21.4. The van der Waals surface area contributed by atoms with Crippen LogP contribution < -0.4 is 5.73 Å². The highest BCUT2D eigenvalue weighted by Gasteiger charge is 2.36. The Labute approximate surface area is 310 Å². The second-order valence-corrected chi connectivity index (χ2v) is 14.7. The third kappa shape index (κ3) is 31.3. The number of phosphoric ester groups is 1. The van der Waals surface area contributed by atoms with Gasteiger partial charge in [-0.05, 0) is 63.9 Å². The SMILES string of the molecule is CCC=CCC=CCC=CCC1OC1CC=CCCCC(=O)OC(COC=CCCCCCCCCCCCCCC)COP(=O)(O)OCCN. The number of ether oxygens (including phenoxy) is 3. The first-order chi connectivity index (χ1) is 24.9. The molecule has 0 aromatic rings. The molecule has 9 nitrogen and oxygen atoms in total. The molecule has 0 bridgehead atoms. The Kier molecular flexibility index (Phi) is 31.2. The van der Waals surface area contributed by atoms with Gasteiger partial charge in [-0.1, -0.05) is 133 Å². The molecule has 1 aliphatic rings. The lowest BCUT2D eigenvalue weighted by Gasteiger charge is -2.19. The molecular weight excluding hydrogens is 665 g/mol. The maximum Gasteiger partial charge on any atom is 0.472 e. The molecule has 10 heteroatoms. The molecule has 3 N–H and O–H groups in total. The van der Waals surface area contributed by atoms with Gasteiger partial charge in [0.05, 0.1) is 31.7 Å². The van der Waals surface area contributed by atoms with E-state index in [1.54, 1.807) is 6.26 Å². The standard InChI is InChI=1S/C41H72NO8P/c1-3-5-7-9-11-13-14-15-16-17-19-21-25-29-34-46-36-38(37-48-51(44,45)47-35-33-42)49-41(43)32-28-24-23-27-31-40-39(50-40)30-26-22-20-18-12-10-8-6-4-2/h6,8,12,18,22-23,26-27,29,34,38-40H,3-5,7,9-11,13-17,19-21,24-25,28,30-33,35-37,42H2,1-2H3,(H,44,45). The van der Waals surface area contributed by atoms with E-state index in [2.05, 4.69) is 62.5 Å². The molecule has 1 aliphatic heterocycles. The number of epoxide rings is 1. The minimum atomic E-state index is -4.31. The Balaban J connectivity index is 2.24. The average Bonchev–Trinajstić information content (AvgIpc) is 3.87. The number of hydrogen-bond donors (Lipinski definition) is 2. The highest BCUT2D eigenvalue weighted by Crippen LogP contribution is 2.43. The highest BCUT2D eigenvalue weighted by atomic mass is 31.2. The van der Waals surface area contributed by atoms with Gasteiger partial charge in [0, 0.05) is 13.0 Å². The van der Waals surface area contributed by atoms with Crippen LogP contribution in [-0.4, -0.2) is 55.5 Å². The van der Waals surface area contributed by atoms with E-state index in [1.807, 2.05) is 6.08 Å². The molecule has 0 aromatic heterocycles. The molecule has 294 valence electrons. The minimum Gasteiger partial charge on any atom is -0.498 e. The summed E-state index contributed by atoms with van der Waals surface area (Å²) in [5.74, 6) is -0.415. The molecule has 1 heterocycles. The fraction of sp³-hybridized carbons (Fsp3) is 0.732. The smallest absolute Gasteiger partial charge is 0.472 e. The van der Waals surface area contributed by atoms with Crippen molar-refractivity contribution in [1.29, 1.82) is 0 Å². The van der Waals surface area contributed by atoms with Gasteiger partial charge in [-0.15, -0.1) is 0 Å². The third-order valence-electron chi connectivity index (χ3n) is 8.42. The average molecular weight is 738 g/mol. The molecule has 4 unspecified atom stereocenters. The van der Waals surface area contributed by atoms with Crippen LogP contribution in [0.4, 0.5) is 0 Å². The van der Waals surface area contributed by atoms with E-state index in [4.69, 9.17) is 29.0 Å². The molecule has 1 saturated heterocycles. The van der Waals surface area contributed by atoms with Crippen LogP contribution in [0.1, 0.15) is 149 Å². The van der Waals surface area contributed by atoms with Gasteiger partial charge in [-0.3, -0.25) is 13.8 Å². The van der Waals surface area contributed by atoms with E-state index in [0.29, 0.717) is 6.42 Å². The number of nitrogens with two attached hydrogens (primary N) is 1. The van der Waals surface area contributed by atoms with Crippen LogP contribution in [0.3, 0.4) is 0 Å². The molecule has 4 atom stereocenters. The summed E-state index contributed by atoms with van der Waals surface area (Å²) in [6.45, 7) is 4.03. The van der Waals surface area contributed by atoms with Gasteiger partial charge in [-0.2, -0.15) is 0 Å². The zero-order valence-corrected chi connectivity index (χ0v) is 32.9.